The third kappa shape index (κ3) is 4.71. The first kappa shape index (κ1) is 21.5. The molecule has 0 spiro atoms. The summed E-state index contributed by atoms with van der Waals surface area (Å²) in [6.07, 6.45) is 3.65. The van der Waals surface area contributed by atoms with Gasteiger partial charge >= 0.3 is 6.18 Å². The second-order valence-electron chi connectivity index (χ2n) is 8.24. The van der Waals surface area contributed by atoms with Crippen molar-refractivity contribution in [1.29, 1.82) is 0 Å². The van der Waals surface area contributed by atoms with E-state index in [0.717, 1.165) is 42.9 Å². The molecule has 174 valence electrons. The topological polar surface area (TPSA) is 73.4 Å². The van der Waals surface area contributed by atoms with Crippen LogP contribution in [0.5, 0.6) is 5.75 Å². The summed E-state index contributed by atoms with van der Waals surface area (Å²) in [5, 5.41) is 11.2. The maximum absolute atomic E-state index is 13.2. The number of alkyl halides is 3. The molecule has 0 radical (unpaired) electrons. The van der Waals surface area contributed by atoms with Crippen LogP contribution in [-0.2, 0) is 19.1 Å². The first-order valence-corrected chi connectivity index (χ1v) is 11.0. The number of hydrogen-bond donors (Lipinski definition) is 0. The van der Waals surface area contributed by atoms with Crippen molar-refractivity contribution >= 4 is 5.84 Å². The van der Waals surface area contributed by atoms with E-state index in [0.29, 0.717) is 31.2 Å². The molecular weight excluding hydrogens is 435 g/mol. The van der Waals surface area contributed by atoms with Gasteiger partial charge in [0.25, 0.3) is 5.82 Å². The van der Waals surface area contributed by atoms with Gasteiger partial charge < -0.3 is 14.2 Å². The summed E-state index contributed by atoms with van der Waals surface area (Å²) >= 11 is 0. The number of aryl methyl sites for hydroxylation is 1. The van der Waals surface area contributed by atoms with Crippen LogP contribution in [-0.4, -0.2) is 54.9 Å². The first-order valence-electron chi connectivity index (χ1n) is 11.0. The number of amidine groups is 1. The van der Waals surface area contributed by atoms with Crippen molar-refractivity contribution in [1.82, 2.24) is 29.3 Å². The van der Waals surface area contributed by atoms with Gasteiger partial charge in [-0.05, 0) is 36.5 Å². The van der Waals surface area contributed by atoms with Gasteiger partial charge in [-0.2, -0.15) is 22.9 Å². The highest BCUT2D eigenvalue weighted by Gasteiger charge is 2.40. The number of fused-ring (bicyclic) bond motifs is 1. The highest BCUT2D eigenvalue weighted by molar-refractivity contribution is 5.83. The van der Waals surface area contributed by atoms with E-state index in [1.807, 2.05) is 22.9 Å². The minimum absolute atomic E-state index is 0.258. The molecule has 1 fully saturated rings. The number of hydrogen-bond acceptors (Lipinski definition) is 6. The van der Waals surface area contributed by atoms with Gasteiger partial charge in [0.1, 0.15) is 18.2 Å². The Morgan fingerprint density at radius 1 is 1.03 bits per heavy atom. The number of rotatable bonds is 5. The Morgan fingerprint density at radius 2 is 1.82 bits per heavy atom. The fraction of sp³-hybridized carbons (Fsp3) is 0.455. The van der Waals surface area contributed by atoms with Crippen LogP contribution in [0.4, 0.5) is 13.2 Å². The van der Waals surface area contributed by atoms with E-state index in [4.69, 9.17) is 4.74 Å². The zero-order valence-electron chi connectivity index (χ0n) is 17.9. The summed E-state index contributed by atoms with van der Waals surface area (Å²) in [6.45, 7) is 2.82. The number of ether oxygens (including phenoxy) is 1. The van der Waals surface area contributed by atoms with Crippen LogP contribution in [0.25, 0.3) is 0 Å². The number of aromatic nitrogens is 5. The molecular formula is C22H24F3N7O. The average molecular weight is 459 g/mol. The predicted octanol–water partition coefficient (Wildman–Crippen LogP) is 3.56. The summed E-state index contributed by atoms with van der Waals surface area (Å²) < 4.78 is 48.1. The largest absolute Gasteiger partial charge is 0.492 e. The molecule has 33 heavy (non-hydrogen) atoms. The van der Waals surface area contributed by atoms with Gasteiger partial charge in [-0.3, -0.25) is 0 Å². The molecule has 0 saturated carbocycles. The molecule has 2 aliphatic heterocycles. The molecule has 0 amide bonds. The SMILES string of the molecule is FC(F)(F)c1nnc2n1N=C(N1CCC(c3ccc(OCCn4ccnc4)cc3)CC1)CC2. The zero-order chi connectivity index (χ0) is 22.8. The third-order valence-corrected chi connectivity index (χ3v) is 6.14. The minimum Gasteiger partial charge on any atom is -0.492 e. The molecule has 0 aliphatic carbocycles. The second kappa shape index (κ2) is 8.87. The Morgan fingerprint density at radius 3 is 2.52 bits per heavy atom. The van der Waals surface area contributed by atoms with Gasteiger partial charge in [0, 0.05) is 38.3 Å². The highest BCUT2D eigenvalue weighted by atomic mass is 19.4. The number of piperidine rings is 1. The molecule has 3 aromatic rings. The number of imidazole rings is 1. The number of halogens is 3. The van der Waals surface area contributed by atoms with Gasteiger partial charge in [0.05, 0.1) is 12.9 Å². The summed E-state index contributed by atoms with van der Waals surface area (Å²) in [5.41, 5.74) is 1.25. The maximum atomic E-state index is 13.2. The van der Waals surface area contributed by atoms with Crippen LogP contribution < -0.4 is 4.74 Å². The van der Waals surface area contributed by atoms with Crippen molar-refractivity contribution in [2.45, 2.75) is 44.3 Å². The van der Waals surface area contributed by atoms with E-state index >= 15 is 0 Å². The molecule has 2 aliphatic rings. The lowest BCUT2D eigenvalue weighted by Crippen LogP contribution is -2.40. The quantitative estimate of drug-likeness (QED) is 0.584. The Hall–Kier alpha value is -3.37. The predicted molar refractivity (Wildman–Crippen MR) is 114 cm³/mol. The number of likely N-dealkylation sites (tertiary alicyclic amines) is 1. The van der Waals surface area contributed by atoms with Crippen molar-refractivity contribution in [2.24, 2.45) is 5.10 Å². The van der Waals surface area contributed by atoms with Gasteiger partial charge in [-0.15, -0.1) is 10.2 Å². The van der Waals surface area contributed by atoms with Gasteiger partial charge in [-0.1, -0.05) is 12.1 Å². The van der Waals surface area contributed by atoms with Crippen molar-refractivity contribution in [2.75, 3.05) is 19.7 Å². The van der Waals surface area contributed by atoms with Crippen LogP contribution in [0, 0.1) is 0 Å². The van der Waals surface area contributed by atoms with E-state index in [1.54, 1.807) is 12.5 Å². The molecule has 2 aromatic heterocycles. The van der Waals surface area contributed by atoms with Crippen molar-refractivity contribution in [3.05, 3.63) is 60.2 Å². The van der Waals surface area contributed by atoms with E-state index in [1.165, 1.54) is 5.56 Å². The Labute approximate surface area is 188 Å². The molecule has 0 N–H and O–H groups in total. The standard InChI is InChI=1S/C22H24F3N7O/c23-22(24,25)21-28-27-19-5-6-20(29-32(19)21)31-10-7-17(8-11-31)16-1-3-18(4-2-16)33-14-13-30-12-9-26-15-30/h1-4,9,12,15,17H,5-8,10-11,13-14H2. The number of nitrogens with zero attached hydrogens (tertiary/aromatic N) is 7. The maximum Gasteiger partial charge on any atom is 0.453 e. The summed E-state index contributed by atoms with van der Waals surface area (Å²) in [5.74, 6) is 1.11. The van der Waals surface area contributed by atoms with Crippen LogP contribution in [0.1, 0.15) is 42.4 Å². The molecule has 5 rings (SSSR count). The monoisotopic (exact) mass is 459 g/mol. The smallest absolute Gasteiger partial charge is 0.453 e. The molecule has 0 unspecified atom stereocenters. The van der Waals surface area contributed by atoms with Gasteiger partial charge in [-0.25, -0.2) is 4.98 Å². The minimum atomic E-state index is -4.57. The lowest BCUT2D eigenvalue weighted by molar-refractivity contribution is -0.147. The molecule has 0 atom stereocenters. The zero-order valence-corrected chi connectivity index (χ0v) is 17.9. The van der Waals surface area contributed by atoms with Gasteiger partial charge in [0.15, 0.2) is 5.82 Å². The van der Waals surface area contributed by atoms with E-state index in [-0.39, 0.29) is 5.82 Å². The van der Waals surface area contributed by atoms with Crippen molar-refractivity contribution in [3.8, 4) is 5.75 Å². The first-order chi connectivity index (χ1) is 16.0. The lowest BCUT2D eigenvalue weighted by atomic mass is 9.89. The Bertz CT molecular complexity index is 1100. The van der Waals surface area contributed by atoms with Crippen molar-refractivity contribution < 1.29 is 17.9 Å². The summed E-state index contributed by atoms with van der Waals surface area (Å²) in [6, 6.07) is 8.19. The van der Waals surface area contributed by atoms with E-state index in [2.05, 4.69) is 37.3 Å². The van der Waals surface area contributed by atoms with Crippen LogP contribution >= 0.6 is 0 Å². The average Bonchev–Trinajstić information content (AvgIpc) is 3.49. The summed E-state index contributed by atoms with van der Waals surface area (Å²) in [4.78, 5) is 6.10. The Balaban J connectivity index is 1.16. The number of benzene rings is 1. The molecule has 0 bridgehead atoms. The van der Waals surface area contributed by atoms with Crippen molar-refractivity contribution in [3.63, 3.8) is 0 Å². The molecule has 11 heteroatoms. The third-order valence-electron chi connectivity index (χ3n) is 6.14. The van der Waals surface area contributed by atoms with E-state index in [9.17, 15) is 13.2 Å². The second-order valence-corrected chi connectivity index (χ2v) is 8.24. The Kier molecular flexibility index (Phi) is 5.77. The molecule has 8 nitrogen and oxygen atoms in total. The van der Waals surface area contributed by atoms with Gasteiger partial charge in [0.2, 0.25) is 0 Å². The van der Waals surface area contributed by atoms with Crippen LogP contribution in [0.15, 0.2) is 48.1 Å². The van der Waals surface area contributed by atoms with E-state index < -0.39 is 12.0 Å². The normalized spacial score (nSPS) is 17.1. The van der Waals surface area contributed by atoms with Crippen LogP contribution in [0.3, 0.4) is 0 Å². The van der Waals surface area contributed by atoms with Crippen LogP contribution in [0.2, 0.25) is 0 Å². The lowest BCUT2D eigenvalue weighted by Gasteiger charge is -2.35. The fourth-order valence-electron chi connectivity index (χ4n) is 4.36. The highest BCUT2D eigenvalue weighted by Crippen LogP contribution is 2.32. The fourth-order valence-corrected chi connectivity index (χ4v) is 4.36. The summed E-state index contributed by atoms with van der Waals surface area (Å²) in [7, 11) is 0. The molecule has 1 aromatic carbocycles. The molecule has 4 heterocycles. The molecule has 1 saturated heterocycles.